The van der Waals surface area contributed by atoms with Crippen LogP contribution in [0.25, 0.3) is 10.9 Å². The molecule has 1 aliphatic carbocycles. The topological polar surface area (TPSA) is 119 Å². The summed E-state index contributed by atoms with van der Waals surface area (Å²) in [6, 6.07) is 1.09. The molecule has 3 fully saturated rings. The van der Waals surface area contributed by atoms with Crippen molar-refractivity contribution < 1.29 is 33.3 Å². The average Bonchev–Trinajstić information content (AvgIpc) is 3.46. The van der Waals surface area contributed by atoms with E-state index in [2.05, 4.69) is 10.1 Å². The molecule has 2 saturated heterocycles. The van der Waals surface area contributed by atoms with Crippen molar-refractivity contribution in [3.05, 3.63) is 33.3 Å². The summed E-state index contributed by atoms with van der Waals surface area (Å²) in [4.78, 5) is 38.1. The van der Waals surface area contributed by atoms with Gasteiger partial charge in [0.05, 0.1) is 34.4 Å². The molecule has 3 heterocycles. The predicted octanol–water partition coefficient (Wildman–Crippen LogP) is 4.31. The van der Waals surface area contributed by atoms with Crippen LogP contribution in [-0.4, -0.2) is 59.4 Å². The fourth-order valence-electron chi connectivity index (χ4n) is 5.33. The van der Waals surface area contributed by atoms with Gasteiger partial charge in [0, 0.05) is 31.7 Å². The Hall–Kier alpha value is -3.05. The first-order chi connectivity index (χ1) is 17.4. The van der Waals surface area contributed by atoms with Gasteiger partial charge in [-0.2, -0.15) is 0 Å². The monoisotopic (exact) mass is 537 g/mol. The van der Waals surface area contributed by atoms with E-state index in [9.17, 15) is 14.4 Å². The van der Waals surface area contributed by atoms with Crippen LogP contribution in [0.5, 0.6) is 5.75 Å². The number of alkyl carbamates (subject to hydrolysis) is 1. The molecule has 1 aromatic heterocycles. The molecule has 1 amide bonds. The standard InChI is InChI=1S/C25H29ClFN3O7/c1-24(2,3)37-22(32)28-11-25-12-29(9-13(25)6-7-35-25)20-16(27)8-15-19(18(20)26)30(14-4-5-14)10-17(21(15)31)36-23(33)34/h8,10,13-14H,4-7,9,11-12H2,1-3H3,(H,28,32)(H,33,34). The summed E-state index contributed by atoms with van der Waals surface area (Å²) in [5.74, 6) is -1.09. The second kappa shape index (κ2) is 9.05. The second-order valence-electron chi connectivity index (χ2n) is 10.9. The third-order valence-electron chi connectivity index (χ3n) is 7.03. The highest BCUT2D eigenvalue weighted by Crippen LogP contribution is 2.46. The van der Waals surface area contributed by atoms with E-state index < -0.39 is 40.4 Å². The summed E-state index contributed by atoms with van der Waals surface area (Å²) in [5.41, 5.74) is -1.65. The van der Waals surface area contributed by atoms with Crippen molar-refractivity contribution in [3.63, 3.8) is 0 Å². The van der Waals surface area contributed by atoms with Gasteiger partial charge in [-0.25, -0.2) is 14.0 Å². The van der Waals surface area contributed by atoms with Crippen molar-refractivity contribution in [2.45, 2.75) is 57.3 Å². The minimum atomic E-state index is -1.63. The van der Waals surface area contributed by atoms with E-state index in [1.54, 1.807) is 30.2 Å². The summed E-state index contributed by atoms with van der Waals surface area (Å²) in [6.45, 7) is 6.78. The highest BCUT2D eigenvalue weighted by atomic mass is 35.5. The Labute approximate surface area is 217 Å². The van der Waals surface area contributed by atoms with Gasteiger partial charge in [-0.15, -0.1) is 0 Å². The molecule has 0 spiro atoms. The van der Waals surface area contributed by atoms with Gasteiger partial charge in [0.15, 0.2) is 5.75 Å². The van der Waals surface area contributed by atoms with Crippen molar-refractivity contribution in [3.8, 4) is 5.75 Å². The molecule has 2 aliphatic heterocycles. The highest BCUT2D eigenvalue weighted by Gasteiger charge is 2.52. The number of rotatable bonds is 5. The van der Waals surface area contributed by atoms with E-state index in [1.165, 1.54) is 6.20 Å². The van der Waals surface area contributed by atoms with E-state index in [4.69, 9.17) is 26.2 Å². The summed E-state index contributed by atoms with van der Waals surface area (Å²) in [5, 5.41) is 11.8. The van der Waals surface area contributed by atoms with Gasteiger partial charge in [0.1, 0.15) is 17.0 Å². The number of nitrogens with one attached hydrogen (secondary N) is 1. The summed E-state index contributed by atoms with van der Waals surface area (Å²) >= 11 is 6.81. The number of pyridine rings is 1. The minimum Gasteiger partial charge on any atom is -0.449 e. The Balaban J connectivity index is 1.50. The lowest BCUT2D eigenvalue weighted by Crippen LogP contribution is -2.49. The summed E-state index contributed by atoms with van der Waals surface area (Å²) < 4.78 is 33.4. The maximum Gasteiger partial charge on any atom is 0.511 e. The number of benzene rings is 1. The number of hydrogen-bond donors (Lipinski definition) is 2. The first kappa shape index (κ1) is 25.6. The molecule has 0 bridgehead atoms. The van der Waals surface area contributed by atoms with Gasteiger partial charge in [0.25, 0.3) is 0 Å². The number of hydrogen-bond acceptors (Lipinski definition) is 7. The van der Waals surface area contributed by atoms with Crippen LogP contribution in [0, 0.1) is 11.7 Å². The number of carbonyl (C=O) groups is 2. The zero-order valence-corrected chi connectivity index (χ0v) is 21.6. The number of amides is 1. The van der Waals surface area contributed by atoms with Crippen LogP contribution in [0.15, 0.2) is 17.1 Å². The quantitative estimate of drug-likeness (QED) is 0.542. The second-order valence-corrected chi connectivity index (χ2v) is 11.3. The smallest absolute Gasteiger partial charge is 0.449 e. The zero-order valence-electron chi connectivity index (χ0n) is 20.8. The van der Waals surface area contributed by atoms with Crippen molar-refractivity contribution in [2.75, 3.05) is 31.1 Å². The van der Waals surface area contributed by atoms with Gasteiger partial charge in [-0.05, 0) is 46.1 Å². The highest BCUT2D eigenvalue weighted by molar-refractivity contribution is 6.38. The van der Waals surface area contributed by atoms with Gasteiger partial charge in [0.2, 0.25) is 5.43 Å². The summed E-state index contributed by atoms with van der Waals surface area (Å²) in [7, 11) is 0. The number of halogens is 2. The fraction of sp³-hybridized carbons (Fsp3) is 0.560. The van der Waals surface area contributed by atoms with Crippen molar-refractivity contribution in [1.82, 2.24) is 9.88 Å². The number of carboxylic acid groups (broad SMARTS) is 1. The van der Waals surface area contributed by atoms with Crippen LogP contribution in [0.4, 0.5) is 19.7 Å². The fourth-order valence-corrected chi connectivity index (χ4v) is 5.74. The Morgan fingerprint density at radius 3 is 2.70 bits per heavy atom. The minimum absolute atomic E-state index is 0.000666. The molecule has 37 heavy (non-hydrogen) atoms. The molecule has 1 saturated carbocycles. The molecule has 10 nitrogen and oxygen atoms in total. The number of carbonyl (C=O) groups excluding carboxylic acids is 1. The van der Waals surface area contributed by atoms with Crippen molar-refractivity contribution >= 4 is 40.4 Å². The normalized spacial score (nSPS) is 23.3. The first-order valence-corrected chi connectivity index (χ1v) is 12.6. The number of ether oxygens (including phenoxy) is 3. The molecule has 2 atom stereocenters. The van der Waals surface area contributed by atoms with E-state index >= 15 is 4.39 Å². The van der Waals surface area contributed by atoms with Crippen molar-refractivity contribution in [2.24, 2.45) is 5.92 Å². The van der Waals surface area contributed by atoms with Gasteiger partial charge in [-0.1, -0.05) is 11.6 Å². The van der Waals surface area contributed by atoms with E-state index in [-0.39, 0.29) is 41.1 Å². The number of nitrogens with zero attached hydrogens (tertiary/aromatic N) is 2. The van der Waals surface area contributed by atoms with Crippen LogP contribution < -0.4 is 20.4 Å². The molecule has 2 unspecified atom stereocenters. The number of fused-ring (bicyclic) bond motifs is 2. The molecule has 2 aromatic rings. The first-order valence-electron chi connectivity index (χ1n) is 12.2. The molecule has 200 valence electrons. The molecule has 12 heteroatoms. The molecule has 0 radical (unpaired) electrons. The number of aromatic nitrogens is 1. The van der Waals surface area contributed by atoms with Gasteiger partial charge >= 0.3 is 12.2 Å². The molecule has 5 rings (SSSR count). The van der Waals surface area contributed by atoms with Crippen LogP contribution in [0.3, 0.4) is 0 Å². The maximum atomic E-state index is 15.6. The van der Waals surface area contributed by atoms with Crippen LogP contribution in [0.1, 0.15) is 46.1 Å². The Kier molecular flexibility index (Phi) is 6.26. The predicted molar refractivity (Wildman–Crippen MR) is 133 cm³/mol. The summed E-state index contributed by atoms with van der Waals surface area (Å²) in [6.07, 6.45) is 1.51. The molecule has 3 aliphatic rings. The van der Waals surface area contributed by atoms with E-state index in [0.717, 1.165) is 25.3 Å². The van der Waals surface area contributed by atoms with Gasteiger partial charge in [-0.3, -0.25) is 4.79 Å². The SMILES string of the molecule is CC(C)(C)OC(=O)NCC12CN(c3c(F)cc4c(=O)c(OC(=O)O)cn(C5CC5)c4c3Cl)CC1CCO2. The van der Waals surface area contributed by atoms with Crippen LogP contribution in [-0.2, 0) is 9.47 Å². The lowest BCUT2D eigenvalue weighted by Gasteiger charge is -2.30. The Morgan fingerprint density at radius 1 is 1.32 bits per heavy atom. The molecular formula is C25H29ClFN3O7. The zero-order chi connectivity index (χ0) is 26.7. The number of anilines is 1. The Morgan fingerprint density at radius 2 is 2.05 bits per heavy atom. The maximum absolute atomic E-state index is 15.6. The van der Waals surface area contributed by atoms with Gasteiger partial charge < -0.3 is 34.1 Å². The van der Waals surface area contributed by atoms with Crippen molar-refractivity contribution in [1.29, 1.82) is 0 Å². The Bertz CT molecular complexity index is 1340. The molecule has 1 aromatic carbocycles. The van der Waals surface area contributed by atoms with Crippen LogP contribution in [0.2, 0.25) is 5.02 Å². The van der Waals surface area contributed by atoms with E-state index in [1.807, 2.05) is 0 Å². The lowest BCUT2D eigenvalue weighted by molar-refractivity contribution is -0.000269. The lowest BCUT2D eigenvalue weighted by atomic mass is 9.91. The third-order valence-corrected chi connectivity index (χ3v) is 7.39. The average molecular weight is 538 g/mol. The third kappa shape index (κ3) is 4.82. The molecular weight excluding hydrogens is 509 g/mol. The largest absolute Gasteiger partial charge is 0.511 e. The van der Waals surface area contributed by atoms with E-state index in [0.29, 0.717) is 18.7 Å². The van der Waals surface area contributed by atoms with Crippen LogP contribution >= 0.6 is 11.6 Å². The molecule has 2 N–H and O–H groups in total.